The molecule has 0 spiro atoms. The van der Waals surface area contributed by atoms with Gasteiger partial charge in [0.1, 0.15) is 5.75 Å². The highest BCUT2D eigenvalue weighted by Crippen LogP contribution is 2.32. The summed E-state index contributed by atoms with van der Waals surface area (Å²) in [5.74, 6) is 0.0519. The third-order valence-corrected chi connectivity index (χ3v) is 4.54. The Balaban J connectivity index is 1.93. The molecule has 0 aliphatic heterocycles. The molecule has 0 fully saturated rings. The van der Waals surface area contributed by atoms with Gasteiger partial charge in [-0.05, 0) is 29.3 Å². The number of likely N-dealkylation sites (N-methyl/N-ethyl adjacent to an activating group) is 1. The summed E-state index contributed by atoms with van der Waals surface area (Å²) in [6.45, 7) is -0.00419. The topological polar surface area (TPSA) is 56.6 Å². The third kappa shape index (κ3) is 3.76. The third-order valence-electron chi connectivity index (χ3n) is 4.24. The van der Waals surface area contributed by atoms with Gasteiger partial charge in [0, 0.05) is 18.8 Å². The molecule has 3 rings (SSSR count). The Labute approximate surface area is 152 Å². The van der Waals surface area contributed by atoms with E-state index in [4.69, 9.17) is 11.6 Å². The van der Waals surface area contributed by atoms with Gasteiger partial charge in [-0.1, -0.05) is 48.0 Å². The van der Waals surface area contributed by atoms with Gasteiger partial charge in [0.15, 0.2) is 0 Å². The number of rotatable bonds is 5. The Bertz CT molecular complexity index is 855. The van der Waals surface area contributed by atoms with E-state index in [2.05, 4.69) is 4.98 Å². The number of hydrogen-bond acceptors (Lipinski definition) is 4. The molecule has 1 heterocycles. The zero-order valence-corrected chi connectivity index (χ0v) is 14.6. The Morgan fingerprint density at radius 3 is 2.48 bits per heavy atom. The van der Waals surface area contributed by atoms with Crippen LogP contribution in [-0.4, -0.2) is 28.9 Å². The van der Waals surface area contributed by atoms with Gasteiger partial charge in [-0.3, -0.25) is 4.98 Å². The lowest BCUT2D eigenvalue weighted by Gasteiger charge is -2.29. The van der Waals surface area contributed by atoms with Crippen molar-refractivity contribution in [3.8, 4) is 16.9 Å². The van der Waals surface area contributed by atoms with Crippen molar-refractivity contribution < 1.29 is 10.2 Å². The van der Waals surface area contributed by atoms with Crippen LogP contribution in [0, 0.1) is 0 Å². The fraction of sp³-hybridized carbons (Fsp3) is 0.150. The number of hydrogen-bond donors (Lipinski definition) is 2. The first-order valence-electron chi connectivity index (χ1n) is 7.92. The van der Waals surface area contributed by atoms with Crippen LogP contribution in [0.2, 0.25) is 5.02 Å². The monoisotopic (exact) mass is 354 g/mol. The van der Waals surface area contributed by atoms with Crippen molar-refractivity contribution in [1.29, 1.82) is 0 Å². The zero-order chi connectivity index (χ0) is 17.8. The molecule has 1 atom stereocenters. The molecule has 2 N–H and O–H groups in total. The Kier molecular flexibility index (Phi) is 5.22. The number of phenolic OH excluding ortho intramolecular Hbond substituents is 1. The van der Waals surface area contributed by atoms with Crippen molar-refractivity contribution >= 4 is 17.3 Å². The van der Waals surface area contributed by atoms with E-state index < -0.39 is 0 Å². The standard InChI is InChI=1S/C20H19ClN2O2/c1-23(19(13-24)14-5-3-2-4-6-14)17-9-16(11-22-12-17)15-7-8-20(25)18(21)10-15/h2-12,19,24-25H,13H2,1H3/t19-/m0/s1. The highest BCUT2D eigenvalue weighted by Gasteiger charge is 2.17. The molecule has 0 unspecified atom stereocenters. The van der Waals surface area contributed by atoms with Crippen LogP contribution >= 0.6 is 11.6 Å². The minimum atomic E-state index is -0.165. The van der Waals surface area contributed by atoms with Crippen LogP contribution in [0.4, 0.5) is 5.69 Å². The molecule has 128 valence electrons. The number of aliphatic hydroxyl groups is 1. The van der Waals surface area contributed by atoms with Crippen molar-refractivity contribution in [2.75, 3.05) is 18.6 Å². The summed E-state index contributed by atoms with van der Waals surface area (Å²) in [7, 11) is 1.93. The zero-order valence-electron chi connectivity index (χ0n) is 13.8. The van der Waals surface area contributed by atoms with Crippen molar-refractivity contribution in [3.05, 3.63) is 77.6 Å². The number of nitrogens with zero attached hydrogens (tertiary/aromatic N) is 2. The van der Waals surface area contributed by atoms with Gasteiger partial charge in [-0.2, -0.15) is 0 Å². The molecule has 1 aromatic heterocycles. The van der Waals surface area contributed by atoms with Crippen LogP contribution in [0.5, 0.6) is 5.75 Å². The van der Waals surface area contributed by atoms with Crippen molar-refractivity contribution in [1.82, 2.24) is 4.98 Å². The van der Waals surface area contributed by atoms with Crippen LogP contribution in [-0.2, 0) is 0 Å². The van der Waals surface area contributed by atoms with E-state index in [0.29, 0.717) is 5.02 Å². The number of aromatic nitrogens is 1. The molecular formula is C20H19ClN2O2. The summed E-state index contributed by atoms with van der Waals surface area (Å²) < 4.78 is 0. The van der Waals surface area contributed by atoms with Crippen LogP contribution < -0.4 is 4.90 Å². The predicted molar refractivity (Wildman–Crippen MR) is 101 cm³/mol. The summed E-state index contributed by atoms with van der Waals surface area (Å²) in [4.78, 5) is 6.31. The van der Waals surface area contributed by atoms with Crippen molar-refractivity contribution in [2.45, 2.75) is 6.04 Å². The maximum atomic E-state index is 9.86. The lowest BCUT2D eigenvalue weighted by atomic mass is 10.0. The SMILES string of the molecule is CN(c1cncc(-c2ccc(O)c(Cl)c2)c1)[C@@H](CO)c1ccccc1. The second kappa shape index (κ2) is 7.55. The van der Waals surface area contributed by atoms with E-state index in [-0.39, 0.29) is 18.4 Å². The fourth-order valence-corrected chi connectivity index (χ4v) is 2.95. The molecule has 5 heteroatoms. The van der Waals surface area contributed by atoms with E-state index >= 15 is 0 Å². The summed E-state index contributed by atoms with van der Waals surface area (Å²) in [5, 5.41) is 19.7. The molecule has 0 saturated carbocycles. The summed E-state index contributed by atoms with van der Waals surface area (Å²) in [6.07, 6.45) is 3.51. The normalized spacial score (nSPS) is 12.0. The lowest BCUT2D eigenvalue weighted by Crippen LogP contribution is -2.27. The van der Waals surface area contributed by atoms with Gasteiger partial charge in [-0.15, -0.1) is 0 Å². The van der Waals surface area contributed by atoms with Gasteiger partial charge in [0.2, 0.25) is 0 Å². The summed E-state index contributed by atoms with van der Waals surface area (Å²) in [5.41, 5.74) is 3.66. The predicted octanol–water partition coefficient (Wildman–Crippen LogP) is 4.28. The molecule has 4 nitrogen and oxygen atoms in total. The second-order valence-corrected chi connectivity index (χ2v) is 6.23. The molecular weight excluding hydrogens is 336 g/mol. The van der Waals surface area contributed by atoms with E-state index in [1.165, 1.54) is 0 Å². The molecule has 2 aromatic carbocycles. The van der Waals surface area contributed by atoms with Gasteiger partial charge >= 0.3 is 0 Å². The van der Waals surface area contributed by atoms with Gasteiger partial charge in [0.05, 0.1) is 29.6 Å². The molecule has 0 aliphatic carbocycles. The van der Waals surface area contributed by atoms with E-state index in [9.17, 15) is 10.2 Å². The molecule has 0 radical (unpaired) electrons. The van der Waals surface area contributed by atoms with Gasteiger partial charge in [0.25, 0.3) is 0 Å². The first-order valence-corrected chi connectivity index (χ1v) is 8.30. The molecule has 25 heavy (non-hydrogen) atoms. The van der Waals surface area contributed by atoms with E-state index in [1.54, 1.807) is 30.6 Å². The highest BCUT2D eigenvalue weighted by atomic mass is 35.5. The van der Waals surface area contributed by atoms with Crippen LogP contribution in [0.1, 0.15) is 11.6 Å². The molecule has 0 aliphatic rings. The number of aliphatic hydroxyl groups excluding tert-OH is 1. The summed E-state index contributed by atoms with van der Waals surface area (Å²) >= 11 is 6.01. The minimum Gasteiger partial charge on any atom is -0.506 e. The quantitative estimate of drug-likeness (QED) is 0.718. The molecule has 0 amide bonds. The number of aromatic hydroxyl groups is 1. The number of pyridine rings is 1. The molecule has 0 bridgehead atoms. The maximum absolute atomic E-state index is 9.86. The smallest absolute Gasteiger partial charge is 0.134 e. The minimum absolute atomic E-state index is 0.00419. The largest absolute Gasteiger partial charge is 0.506 e. The molecule has 3 aromatic rings. The number of anilines is 1. The van der Waals surface area contributed by atoms with E-state index in [1.807, 2.05) is 48.3 Å². The van der Waals surface area contributed by atoms with Gasteiger partial charge in [-0.25, -0.2) is 0 Å². The average Bonchev–Trinajstić information content (AvgIpc) is 2.65. The maximum Gasteiger partial charge on any atom is 0.134 e. The van der Waals surface area contributed by atoms with Crippen LogP contribution in [0.3, 0.4) is 0 Å². The van der Waals surface area contributed by atoms with E-state index in [0.717, 1.165) is 22.4 Å². The number of benzene rings is 2. The number of phenols is 1. The molecule has 0 saturated heterocycles. The lowest BCUT2D eigenvalue weighted by molar-refractivity contribution is 0.264. The average molecular weight is 355 g/mol. The first-order chi connectivity index (χ1) is 12.1. The van der Waals surface area contributed by atoms with Crippen molar-refractivity contribution in [3.63, 3.8) is 0 Å². The second-order valence-electron chi connectivity index (χ2n) is 5.82. The van der Waals surface area contributed by atoms with Gasteiger partial charge < -0.3 is 15.1 Å². The first kappa shape index (κ1) is 17.3. The number of halogens is 1. The van der Waals surface area contributed by atoms with Crippen LogP contribution in [0.15, 0.2) is 67.0 Å². The summed E-state index contributed by atoms with van der Waals surface area (Å²) in [6, 6.07) is 16.7. The Morgan fingerprint density at radius 1 is 1.04 bits per heavy atom. The fourth-order valence-electron chi connectivity index (χ4n) is 2.77. The van der Waals surface area contributed by atoms with Crippen LogP contribution in [0.25, 0.3) is 11.1 Å². The van der Waals surface area contributed by atoms with Crippen molar-refractivity contribution in [2.24, 2.45) is 0 Å². The highest BCUT2D eigenvalue weighted by molar-refractivity contribution is 6.32. The Morgan fingerprint density at radius 2 is 1.80 bits per heavy atom. The Hall–Kier alpha value is -2.56.